The van der Waals surface area contributed by atoms with Crippen molar-refractivity contribution in [1.82, 2.24) is 0 Å². The number of aliphatic hydroxyl groups is 1. The maximum absolute atomic E-state index is 10.3. The maximum Gasteiger partial charge on any atom is 0.0577 e. The first kappa shape index (κ1) is 21.5. The van der Waals surface area contributed by atoms with Crippen molar-refractivity contribution in [3.8, 4) is 0 Å². The van der Waals surface area contributed by atoms with Gasteiger partial charge in [-0.05, 0) is 122 Å². The Morgan fingerprint density at radius 3 is 2.50 bits per heavy atom. The van der Waals surface area contributed by atoms with Crippen molar-refractivity contribution >= 4 is 0 Å². The molecule has 11 atom stereocenters. The fraction of sp³-hybridized carbons (Fsp3) is 0.931. The molecule has 1 N–H and O–H groups in total. The zero-order valence-corrected chi connectivity index (χ0v) is 20.7. The van der Waals surface area contributed by atoms with Crippen LogP contribution < -0.4 is 0 Å². The van der Waals surface area contributed by atoms with Crippen LogP contribution in [0.2, 0.25) is 0 Å². The van der Waals surface area contributed by atoms with Gasteiger partial charge in [-0.1, -0.05) is 53.2 Å². The molecule has 4 saturated carbocycles. The first-order valence-electron chi connectivity index (χ1n) is 13.5. The van der Waals surface area contributed by atoms with Crippen LogP contribution in [0.1, 0.15) is 99.3 Å². The topological polar surface area (TPSA) is 20.2 Å². The van der Waals surface area contributed by atoms with E-state index in [4.69, 9.17) is 0 Å². The fourth-order valence-corrected chi connectivity index (χ4v) is 10.3. The Kier molecular flexibility index (Phi) is 5.28. The third-order valence-corrected chi connectivity index (χ3v) is 11.9. The molecular formula is C29H48O. The van der Waals surface area contributed by atoms with E-state index in [-0.39, 0.29) is 6.10 Å². The van der Waals surface area contributed by atoms with Crippen LogP contribution in [0.3, 0.4) is 0 Å². The van der Waals surface area contributed by atoms with Gasteiger partial charge in [0.05, 0.1) is 6.10 Å². The minimum Gasteiger partial charge on any atom is -0.393 e. The van der Waals surface area contributed by atoms with Crippen molar-refractivity contribution in [3.05, 3.63) is 11.6 Å². The molecule has 0 aromatic heterocycles. The molecular weight excluding hydrogens is 364 g/mol. The lowest BCUT2D eigenvalue weighted by molar-refractivity contribution is -0.0576. The van der Waals surface area contributed by atoms with Gasteiger partial charge in [0.1, 0.15) is 0 Å². The van der Waals surface area contributed by atoms with Crippen LogP contribution in [0.5, 0.6) is 0 Å². The third kappa shape index (κ3) is 3.11. The lowest BCUT2D eigenvalue weighted by Crippen LogP contribution is -2.50. The van der Waals surface area contributed by atoms with E-state index < -0.39 is 0 Å². The Hall–Kier alpha value is -0.300. The Morgan fingerprint density at radius 1 is 1.03 bits per heavy atom. The zero-order chi connectivity index (χ0) is 21.4. The van der Waals surface area contributed by atoms with E-state index in [9.17, 15) is 5.11 Å². The van der Waals surface area contributed by atoms with Gasteiger partial charge in [0, 0.05) is 0 Å². The maximum atomic E-state index is 10.3. The van der Waals surface area contributed by atoms with Crippen molar-refractivity contribution < 1.29 is 5.11 Å². The van der Waals surface area contributed by atoms with Gasteiger partial charge in [-0.15, -0.1) is 0 Å². The van der Waals surface area contributed by atoms with E-state index >= 15 is 0 Å². The average molecular weight is 413 g/mol. The highest BCUT2D eigenvalue weighted by atomic mass is 16.3. The Morgan fingerprint density at radius 2 is 1.80 bits per heavy atom. The minimum atomic E-state index is -0.0778. The molecule has 9 unspecified atom stereocenters. The van der Waals surface area contributed by atoms with Crippen LogP contribution in [0.25, 0.3) is 0 Å². The van der Waals surface area contributed by atoms with Crippen molar-refractivity contribution in [3.63, 3.8) is 0 Å². The quantitative estimate of drug-likeness (QED) is 0.474. The van der Waals surface area contributed by atoms with Gasteiger partial charge in [0.2, 0.25) is 0 Å². The Balaban J connectivity index is 1.32. The van der Waals surface area contributed by atoms with Crippen LogP contribution in [0.4, 0.5) is 0 Å². The predicted octanol–water partition coefficient (Wildman–Crippen LogP) is 7.49. The fourth-order valence-electron chi connectivity index (χ4n) is 10.3. The number of allylic oxidation sites excluding steroid dienone is 1. The van der Waals surface area contributed by atoms with Crippen LogP contribution in [-0.4, -0.2) is 11.2 Å². The smallest absolute Gasteiger partial charge is 0.0577 e. The zero-order valence-electron chi connectivity index (χ0n) is 20.7. The molecule has 170 valence electrons. The molecule has 0 aromatic rings. The van der Waals surface area contributed by atoms with Gasteiger partial charge < -0.3 is 5.11 Å². The summed E-state index contributed by atoms with van der Waals surface area (Å²) < 4.78 is 0. The molecule has 0 aliphatic heterocycles. The van der Waals surface area contributed by atoms with E-state index in [0.717, 1.165) is 66.1 Å². The normalized spacial score (nSPS) is 53.5. The highest BCUT2D eigenvalue weighted by Gasteiger charge is 2.60. The van der Waals surface area contributed by atoms with Crippen LogP contribution in [-0.2, 0) is 0 Å². The molecule has 4 fully saturated rings. The summed E-state index contributed by atoms with van der Waals surface area (Å²) >= 11 is 0. The van der Waals surface area contributed by atoms with Gasteiger partial charge in [-0.3, -0.25) is 0 Å². The summed E-state index contributed by atoms with van der Waals surface area (Å²) in [6, 6.07) is 0. The molecule has 0 amide bonds. The van der Waals surface area contributed by atoms with E-state index in [0.29, 0.717) is 10.8 Å². The lowest BCUT2D eigenvalue weighted by atomic mass is 9.47. The summed E-state index contributed by atoms with van der Waals surface area (Å²) in [4.78, 5) is 0. The number of fused-ring (bicyclic) bond motifs is 5. The largest absolute Gasteiger partial charge is 0.393 e. The molecule has 0 saturated heterocycles. The van der Waals surface area contributed by atoms with Gasteiger partial charge in [0.15, 0.2) is 0 Å². The molecule has 5 aliphatic rings. The Labute approximate surface area is 186 Å². The summed E-state index contributed by atoms with van der Waals surface area (Å²) in [7, 11) is 0. The van der Waals surface area contributed by atoms with Crippen LogP contribution in [0.15, 0.2) is 11.6 Å². The van der Waals surface area contributed by atoms with Crippen molar-refractivity contribution in [2.75, 3.05) is 0 Å². The predicted molar refractivity (Wildman–Crippen MR) is 126 cm³/mol. The molecule has 1 heteroatoms. The van der Waals surface area contributed by atoms with E-state index in [1.165, 1.54) is 44.9 Å². The molecule has 0 radical (unpaired) electrons. The number of hydrogen-bond donors (Lipinski definition) is 1. The molecule has 0 heterocycles. The molecule has 30 heavy (non-hydrogen) atoms. The van der Waals surface area contributed by atoms with E-state index in [1.807, 2.05) is 0 Å². The van der Waals surface area contributed by atoms with Crippen molar-refractivity contribution in [2.24, 2.45) is 64.1 Å². The summed E-state index contributed by atoms with van der Waals surface area (Å²) in [6.45, 7) is 15.3. The Bertz CT molecular complexity index is 692. The van der Waals surface area contributed by atoms with E-state index in [2.05, 4.69) is 47.6 Å². The monoisotopic (exact) mass is 412 g/mol. The van der Waals surface area contributed by atoms with Crippen molar-refractivity contribution in [1.29, 1.82) is 0 Å². The van der Waals surface area contributed by atoms with Gasteiger partial charge in [-0.2, -0.15) is 0 Å². The molecule has 0 bridgehead atoms. The second-order valence-corrected chi connectivity index (χ2v) is 13.4. The van der Waals surface area contributed by atoms with Gasteiger partial charge in [-0.25, -0.2) is 0 Å². The first-order valence-corrected chi connectivity index (χ1v) is 13.5. The van der Waals surface area contributed by atoms with Gasteiger partial charge in [0.25, 0.3) is 0 Å². The number of aliphatic hydroxyl groups excluding tert-OH is 1. The third-order valence-electron chi connectivity index (χ3n) is 11.9. The van der Waals surface area contributed by atoms with Gasteiger partial charge >= 0.3 is 0 Å². The summed E-state index contributed by atoms with van der Waals surface area (Å²) in [5, 5.41) is 10.3. The highest BCUT2D eigenvalue weighted by Crippen LogP contribution is 2.68. The van der Waals surface area contributed by atoms with E-state index in [1.54, 1.807) is 5.57 Å². The molecule has 5 aliphatic carbocycles. The first-order chi connectivity index (χ1) is 14.2. The standard InChI is InChI=1S/C29H48O/c1-17(2)27-19(4)23(27)15-18(3)24-9-10-25-22-8-7-20-16-21(30)11-13-28(20,5)26(22)12-14-29(24,25)6/h7,17-19,21-27,30H,8-16H2,1-6H3/t18-,19-,21?,22?,23?,24?,25?,26?,27?,28?,29?/m1/s1. The second-order valence-electron chi connectivity index (χ2n) is 13.4. The van der Waals surface area contributed by atoms with Crippen LogP contribution in [0, 0.1) is 64.1 Å². The molecule has 5 rings (SSSR count). The average Bonchev–Trinajstić information content (AvgIpc) is 3.17. The summed E-state index contributed by atoms with van der Waals surface area (Å²) in [5.74, 6) is 8.44. The number of hydrogen-bond acceptors (Lipinski definition) is 1. The lowest BCUT2D eigenvalue weighted by Gasteiger charge is -2.58. The number of rotatable bonds is 4. The second kappa shape index (κ2) is 7.36. The molecule has 0 aromatic carbocycles. The summed E-state index contributed by atoms with van der Waals surface area (Å²) in [6.07, 6.45) is 14.4. The SMILES string of the molecule is CC(C)C1C(C[C@@H](C)C2CCC3C4CC=C5CC(O)CCC5(C)C4CCC32C)[C@H]1C. The molecule has 1 nitrogen and oxygen atoms in total. The van der Waals surface area contributed by atoms with Crippen molar-refractivity contribution in [2.45, 2.75) is 105 Å². The minimum absolute atomic E-state index is 0.0778. The summed E-state index contributed by atoms with van der Waals surface area (Å²) in [5.41, 5.74) is 2.60. The molecule has 0 spiro atoms. The highest BCUT2D eigenvalue weighted by molar-refractivity contribution is 5.25. The van der Waals surface area contributed by atoms with Crippen LogP contribution >= 0.6 is 0 Å².